The summed E-state index contributed by atoms with van der Waals surface area (Å²) in [6.07, 6.45) is -0.465. The fraction of sp³-hybridized carbons (Fsp3) is 0.562. The Labute approximate surface area is 134 Å². The van der Waals surface area contributed by atoms with Crippen molar-refractivity contribution in [3.8, 4) is 0 Å². The lowest BCUT2D eigenvalue weighted by molar-refractivity contribution is -0.121. The summed E-state index contributed by atoms with van der Waals surface area (Å²) < 4.78 is 1.59. The fourth-order valence-electron chi connectivity index (χ4n) is 2.35. The number of aryl methyl sites for hydroxylation is 2. The molecule has 126 valence electrons. The first-order valence-corrected chi connectivity index (χ1v) is 7.62. The summed E-state index contributed by atoms with van der Waals surface area (Å²) in [7, 11) is 0. The minimum absolute atomic E-state index is 0.150. The van der Waals surface area contributed by atoms with Gasteiger partial charge in [-0.05, 0) is 19.3 Å². The van der Waals surface area contributed by atoms with Crippen LogP contribution in [0.15, 0.2) is 10.9 Å². The van der Waals surface area contributed by atoms with Crippen LogP contribution in [-0.4, -0.2) is 38.3 Å². The predicted octanol–water partition coefficient (Wildman–Crippen LogP) is 0.705. The number of aromatic nitrogens is 3. The first kappa shape index (κ1) is 17.2. The van der Waals surface area contributed by atoms with Gasteiger partial charge in [0.05, 0.1) is 12.5 Å². The zero-order valence-electron chi connectivity index (χ0n) is 14.2. The zero-order valence-corrected chi connectivity index (χ0v) is 14.2. The maximum atomic E-state index is 12.2. The first-order chi connectivity index (χ1) is 10.6. The van der Waals surface area contributed by atoms with E-state index in [1.165, 1.54) is 6.07 Å². The molecule has 1 unspecified atom stereocenters. The van der Waals surface area contributed by atoms with E-state index in [0.29, 0.717) is 11.3 Å². The van der Waals surface area contributed by atoms with E-state index in [4.69, 9.17) is 0 Å². The maximum Gasteiger partial charge on any atom is 0.266 e. The molecule has 2 rings (SSSR count). The van der Waals surface area contributed by atoms with Crippen LogP contribution in [0, 0.1) is 19.3 Å². The van der Waals surface area contributed by atoms with Crippen LogP contribution < -0.4 is 10.9 Å². The molecule has 0 spiro atoms. The minimum Gasteiger partial charge on any atom is -0.391 e. The van der Waals surface area contributed by atoms with Crippen molar-refractivity contribution in [3.05, 3.63) is 33.4 Å². The molecule has 3 N–H and O–H groups in total. The molecule has 0 aliphatic carbocycles. The number of aliphatic hydroxyl groups is 1. The second kappa shape index (κ2) is 6.16. The Kier molecular flexibility index (Phi) is 4.61. The van der Waals surface area contributed by atoms with E-state index in [1.54, 1.807) is 4.52 Å². The predicted molar refractivity (Wildman–Crippen MR) is 87.5 cm³/mol. The summed E-state index contributed by atoms with van der Waals surface area (Å²) in [4.78, 5) is 27.9. The third-order valence-electron chi connectivity index (χ3n) is 4.03. The van der Waals surface area contributed by atoms with Crippen LogP contribution in [0.4, 0.5) is 0 Å². The summed E-state index contributed by atoms with van der Waals surface area (Å²) >= 11 is 0. The number of hydrogen-bond donors (Lipinski definition) is 3. The quantitative estimate of drug-likeness (QED) is 0.772. The summed E-state index contributed by atoms with van der Waals surface area (Å²) in [5, 5.41) is 15.4. The van der Waals surface area contributed by atoms with Crippen LogP contribution in [-0.2, 0) is 11.2 Å². The molecule has 7 heteroatoms. The smallest absolute Gasteiger partial charge is 0.266 e. The van der Waals surface area contributed by atoms with Crippen LogP contribution >= 0.6 is 0 Å². The second-order valence-corrected chi connectivity index (χ2v) is 6.94. The first-order valence-electron chi connectivity index (χ1n) is 7.62. The molecule has 2 aromatic heterocycles. The monoisotopic (exact) mass is 320 g/mol. The van der Waals surface area contributed by atoms with Crippen molar-refractivity contribution in [1.29, 1.82) is 0 Å². The third-order valence-corrected chi connectivity index (χ3v) is 4.03. The van der Waals surface area contributed by atoms with Gasteiger partial charge in [0.15, 0.2) is 5.65 Å². The van der Waals surface area contributed by atoms with Crippen LogP contribution in [0.2, 0.25) is 0 Å². The van der Waals surface area contributed by atoms with E-state index in [-0.39, 0.29) is 29.8 Å². The van der Waals surface area contributed by atoms with Gasteiger partial charge in [-0.2, -0.15) is 0 Å². The topological polar surface area (TPSA) is 99.5 Å². The van der Waals surface area contributed by atoms with Gasteiger partial charge >= 0.3 is 0 Å². The van der Waals surface area contributed by atoms with E-state index < -0.39 is 6.10 Å². The molecular formula is C16H24N4O3. The molecule has 0 bridgehead atoms. The lowest BCUT2D eigenvalue weighted by atomic mass is 9.89. The normalized spacial score (nSPS) is 13.3. The Bertz CT molecular complexity index is 783. The second-order valence-electron chi connectivity index (χ2n) is 6.94. The standard InChI is InChI=1S/C16H24N4O3/c1-9-11(6-14(22)17-8-12(21)16(3,4)5)10(2)20-13(18-9)7-15(23)19-20/h7,12,21H,6,8H2,1-5H3,(H,17,22)(H,19,23). The lowest BCUT2D eigenvalue weighted by Gasteiger charge is -2.26. The lowest BCUT2D eigenvalue weighted by Crippen LogP contribution is -2.39. The zero-order chi connectivity index (χ0) is 17.4. The van der Waals surface area contributed by atoms with E-state index in [0.717, 1.165) is 11.3 Å². The third kappa shape index (κ3) is 3.79. The largest absolute Gasteiger partial charge is 0.391 e. The molecule has 0 saturated carbocycles. The van der Waals surface area contributed by atoms with Crippen LogP contribution in [0.25, 0.3) is 5.65 Å². The number of amides is 1. The number of carbonyl (C=O) groups is 1. The van der Waals surface area contributed by atoms with Crippen molar-refractivity contribution >= 4 is 11.6 Å². The number of nitrogens with zero attached hydrogens (tertiary/aromatic N) is 2. The summed E-state index contributed by atoms with van der Waals surface area (Å²) in [5.41, 5.74) is 2.29. The fourth-order valence-corrected chi connectivity index (χ4v) is 2.35. The number of nitrogens with one attached hydrogen (secondary N) is 2. The van der Waals surface area contributed by atoms with Gasteiger partial charge in [-0.15, -0.1) is 0 Å². The Morgan fingerprint density at radius 3 is 2.70 bits per heavy atom. The SMILES string of the molecule is Cc1nc2cc(=O)[nH]n2c(C)c1CC(=O)NCC(O)C(C)(C)C. The van der Waals surface area contributed by atoms with Gasteiger partial charge in [0.25, 0.3) is 5.56 Å². The van der Waals surface area contributed by atoms with Crippen molar-refractivity contribution in [2.75, 3.05) is 6.54 Å². The molecule has 0 aliphatic rings. The number of aromatic amines is 1. The molecule has 2 aromatic rings. The Hall–Kier alpha value is -2.15. The molecular weight excluding hydrogens is 296 g/mol. The number of carbonyl (C=O) groups excluding carboxylic acids is 1. The molecule has 1 amide bonds. The number of aliphatic hydroxyl groups excluding tert-OH is 1. The number of H-pyrrole nitrogens is 1. The number of fused-ring (bicyclic) bond motifs is 1. The number of hydrogen-bond acceptors (Lipinski definition) is 4. The Morgan fingerprint density at radius 1 is 1.43 bits per heavy atom. The van der Waals surface area contributed by atoms with E-state index >= 15 is 0 Å². The van der Waals surface area contributed by atoms with Gasteiger partial charge in [-0.3, -0.25) is 14.7 Å². The van der Waals surface area contributed by atoms with Crippen molar-refractivity contribution < 1.29 is 9.90 Å². The van der Waals surface area contributed by atoms with Gasteiger partial charge in [0.2, 0.25) is 5.91 Å². The summed E-state index contributed by atoms with van der Waals surface area (Å²) in [6.45, 7) is 9.60. The van der Waals surface area contributed by atoms with Gasteiger partial charge in [-0.1, -0.05) is 20.8 Å². The minimum atomic E-state index is -0.616. The van der Waals surface area contributed by atoms with Gasteiger partial charge in [0.1, 0.15) is 0 Å². The van der Waals surface area contributed by atoms with Crippen LogP contribution in [0.5, 0.6) is 0 Å². The maximum absolute atomic E-state index is 12.2. The molecule has 23 heavy (non-hydrogen) atoms. The highest BCUT2D eigenvalue weighted by atomic mass is 16.3. The molecule has 0 aliphatic heterocycles. The molecule has 0 aromatic carbocycles. The Balaban J connectivity index is 2.15. The van der Waals surface area contributed by atoms with Crippen molar-refractivity contribution in [2.45, 2.75) is 47.1 Å². The highest BCUT2D eigenvalue weighted by molar-refractivity contribution is 5.79. The van der Waals surface area contributed by atoms with Gasteiger partial charge in [-0.25, -0.2) is 9.50 Å². The number of rotatable bonds is 4. The van der Waals surface area contributed by atoms with Crippen LogP contribution in [0.3, 0.4) is 0 Å². The summed E-state index contributed by atoms with van der Waals surface area (Å²) in [5.74, 6) is -0.185. The van der Waals surface area contributed by atoms with E-state index in [1.807, 2.05) is 34.6 Å². The van der Waals surface area contributed by atoms with Crippen molar-refractivity contribution in [2.24, 2.45) is 5.41 Å². The Morgan fingerprint density at radius 2 is 2.09 bits per heavy atom. The highest BCUT2D eigenvalue weighted by Gasteiger charge is 2.22. The summed E-state index contributed by atoms with van der Waals surface area (Å²) in [6, 6.07) is 1.42. The average molecular weight is 320 g/mol. The van der Waals surface area contributed by atoms with Crippen molar-refractivity contribution in [1.82, 2.24) is 19.9 Å². The van der Waals surface area contributed by atoms with Crippen molar-refractivity contribution in [3.63, 3.8) is 0 Å². The average Bonchev–Trinajstić information content (AvgIpc) is 2.80. The van der Waals surface area contributed by atoms with Gasteiger partial charge in [0, 0.05) is 29.6 Å². The van der Waals surface area contributed by atoms with E-state index in [2.05, 4.69) is 15.4 Å². The molecule has 0 saturated heterocycles. The molecule has 0 fully saturated rings. The molecule has 1 atom stereocenters. The van der Waals surface area contributed by atoms with Gasteiger partial charge < -0.3 is 10.4 Å². The molecule has 7 nitrogen and oxygen atoms in total. The molecule has 2 heterocycles. The van der Waals surface area contributed by atoms with Crippen LogP contribution in [0.1, 0.15) is 37.7 Å². The highest BCUT2D eigenvalue weighted by Crippen LogP contribution is 2.18. The van der Waals surface area contributed by atoms with E-state index in [9.17, 15) is 14.7 Å². The molecule has 0 radical (unpaired) electrons.